The van der Waals surface area contributed by atoms with Crippen LogP contribution in [0.3, 0.4) is 0 Å². The summed E-state index contributed by atoms with van der Waals surface area (Å²) in [6, 6.07) is 2.19. The Morgan fingerprint density at radius 1 is 1.77 bits per heavy atom. The second-order valence-corrected chi connectivity index (χ2v) is 4.19. The minimum atomic E-state index is 0.525. The lowest BCUT2D eigenvalue weighted by Gasteiger charge is -2.25. The third-order valence-electron chi connectivity index (χ3n) is 2.88. The molecule has 13 heavy (non-hydrogen) atoms. The van der Waals surface area contributed by atoms with Gasteiger partial charge in [-0.05, 0) is 30.8 Å². The fourth-order valence-corrected chi connectivity index (χ4v) is 2.23. The number of nitrogens with zero attached hydrogens (tertiary/aromatic N) is 1. The summed E-state index contributed by atoms with van der Waals surface area (Å²) < 4.78 is 0. The maximum Gasteiger partial charge on any atom is 0.0947 e. The maximum atomic E-state index is 8.71. The Balaban J connectivity index is 2.72. The molecule has 0 bridgehead atoms. The lowest BCUT2D eigenvalue weighted by atomic mass is 9.80. The molecule has 0 radical (unpaired) electrons. The Bertz CT molecular complexity index is 272. The van der Waals surface area contributed by atoms with Gasteiger partial charge in [-0.1, -0.05) is 32.5 Å². The highest BCUT2D eigenvalue weighted by atomic mass is 32.1. The summed E-state index contributed by atoms with van der Waals surface area (Å²) in [5.41, 5.74) is 0.851. The van der Waals surface area contributed by atoms with Crippen molar-refractivity contribution in [1.29, 1.82) is 5.26 Å². The molecular formula is C11H15NS. The summed E-state index contributed by atoms with van der Waals surface area (Å²) in [6.07, 6.45) is 5.04. The monoisotopic (exact) mass is 193 g/mol. The predicted octanol–water partition coefficient (Wildman–Crippen LogP) is 3.26. The van der Waals surface area contributed by atoms with Crippen LogP contribution in [0.4, 0.5) is 0 Å². The van der Waals surface area contributed by atoms with Gasteiger partial charge in [-0.3, -0.25) is 0 Å². The second kappa shape index (κ2) is 4.53. The molecule has 0 aromatic heterocycles. The zero-order chi connectivity index (χ0) is 9.84. The van der Waals surface area contributed by atoms with E-state index >= 15 is 0 Å². The summed E-state index contributed by atoms with van der Waals surface area (Å²) >= 11 is 5.29. The van der Waals surface area contributed by atoms with E-state index in [1.807, 2.05) is 6.08 Å². The number of hydrogen-bond acceptors (Lipinski definition) is 2. The summed E-state index contributed by atoms with van der Waals surface area (Å²) in [5, 5.41) is 8.71. The molecule has 0 amide bonds. The smallest absolute Gasteiger partial charge is 0.0947 e. The van der Waals surface area contributed by atoms with Crippen LogP contribution in [-0.4, -0.2) is 4.86 Å². The van der Waals surface area contributed by atoms with E-state index < -0.39 is 0 Å². The summed E-state index contributed by atoms with van der Waals surface area (Å²) in [4.78, 5) is 0.983. The van der Waals surface area contributed by atoms with Gasteiger partial charge in [-0.25, -0.2) is 0 Å². The molecule has 0 N–H and O–H groups in total. The van der Waals surface area contributed by atoms with Crippen LogP contribution in [0.15, 0.2) is 11.6 Å². The van der Waals surface area contributed by atoms with Crippen molar-refractivity contribution in [1.82, 2.24) is 0 Å². The molecule has 1 rings (SSSR count). The van der Waals surface area contributed by atoms with Gasteiger partial charge in [-0.2, -0.15) is 5.26 Å². The number of thiocarbonyl (C=S) groups is 1. The second-order valence-electron chi connectivity index (χ2n) is 3.71. The minimum absolute atomic E-state index is 0.525. The minimum Gasteiger partial charge on any atom is -0.193 e. The van der Waals surface area contributed by atoms with Crippen LogP contribution in [-0.2, 0) is 0 Å². The molecule has 2 heteroatoms. The molecule has 0 fully saturated rings. The largest absolute Gasteiger partial charge is 0.193 e. The van der Waals surface area contributed by atoms with E-state index in [2.05, 4.69) is 19.9 Å². The van der Waals surface area contributed by atoms with Crippen LogP contribution in [0.5, 0.6) is 0 Å². The van der Waals surface area contributed by atoms with E-state index in [0.717, 1.165) is 23.3 Å². The summed E-state index contributed by atoms with van der Waals surface area (Å²) in [7, 11) is 0. The average molecular weight is 193 g/mol. The Hall–Kier alpha value is -0.680. The fraction of sp³-hybridized carbons (Fsp3) is 0.636. The van der Waals surface area contributed by atoms with Crippen LogP contribution >= 0.6 is 12.2 Å². The van der Waals surface area contributed by atoms with Gasteiger partial charge in [0.2, 0.25) is 0 Å². The average Bonchev–Trinajstić information content (AvgIpc) is 2.16. The van der Waals surface area contributed by atoms with E-state index in [0.29, 0.717) is 11.8 Å². The van der Waals surface area contributed by atoms with Crippen LogP contribution in [0, 0.1) is 23.2 Å². The van der Waals surface area contributed by atoms with Crippen molar-refractivity contribution in [3.8, 4) is 6.07 Å². The molecule has 0 saturated carbocycles. The van der Waals surface area contributed by atoms with E-state index in [1.54, 1.807) is 0 Å². The first-order valence-electron chi connectivity index (χ1n) is 4.83. The topological polar surface area (TPSA) is 23.8 Å². The maximum absolute atomic E-state index is 8.71. The SMILES string of the molecule is CCC(C)C1CCC(C#N)=CC1=S. The molecule has 0 aliphatic heterocycles. The van der Waals surface area contributed by atoms with Crippen LogP contribution in [0.25, 0.3) is 0 Å². The number of allylic oxidation sites excluding steroid dienone is 2. The third-order valence-corrected chi connectivity index (χ3v) is 3.30. The van der Waals surface area contributed by atoms with Crippen molar-refractivity contribution < 1.29 is 0 Å². The first-order chi connectivity index (χ1) is 6.19. The molecule has 0 spiro atoms. The molecule has 1 nitrogen and oxygen atoms in total. The van der Waals surface area contributed by atoms with Gasteiger partial charge in [-0.15, -0.1) is 0 Å². The first kappa shape index (κ1) is 10.4. The summed E-state index contributed by atoms with van der Waals surface area (Å²) in [6.45, 7) is 4.43. The molecular weight excluding hydrogens is 178 g/mol. The van der Waals surface area contributed by atoms with Crippen LogP contribution < -0.4 is 0 Å². The van der Waals surface area contributed by atoms with E-state index in [1.165, 1.54) is 6.42 Å². The van der Waals surface area contributed by atoms with Gasteiger partial charge in [0.05, 0.1) is 6.07 Å². The number of rotatable bonds is 2. The Kier molecular flexibility index (Phi) is 3.62. The zero-order valence-corrected chi connectivity index (χ0v) is 9.03. The highest BCUT2D eigenvalue weighted by Gasteiger charge is 2.23. The van der Waals surface area contributed by atoms with Crippen molar-refractivity contribution in [3.05, 3.63) is 11.6 Å². The number of nitriles is 1. The molecule has 0 aromatic carbocycles. The lowest BCUT2D eigenvalue weighted by molar-refractivity contribution is 0.418. The van der Waals surface area contributed by atoms with Crippen molar-refractivity contribution in [2.45, 2.75) is 33.1 Å². The molecule has 1 aliphatic carbocycles. The van der Waals surface area contributed by atoms with Crippen LogP contribution in [0.2, 0.25) is 0 Å². The molecule has 2 atom stereocenters. The van der Waals surface area contributed by atoms with Gasteiger partial charge >= 0.3 is 0 Å². The quantitative estimate of drug-likeness (QED) is 0.628. The van der Waals surface area contributed by atoms with Crippen molar-refractivity contribution in [2.75, 3.05) is 0 Å². The number of hydrogen-bond donors (Lipinski definition) is 0. The standard InChI is InChI=1S/C11H15NS/c1-3-8(2)10-5-4-9(7-12)6-11(10)13/h6,8,10H,3-5H2,1-2H3. The van der Waals surface area contributed by atoms with Crippen molar-refractivity contribution in [2.24, 2.45) is 11.8 Å². The van der Waals surface area contributed by atoms with Gasteiger partial charge in [0.25, 0.3) is 0 Å². The lowest BCUT2D eigenvalue weighted by Crippen LogP contribution is -2.22. The molecule has 0 saturated heterocycles. The highest BCUT2D eigenvalue weighted by Crippen LogP contribution is 2.29. The summed E-state index contributed by atoms with van der Waals surface area (Å²) in [5.74, 6) is 1.18. The van der Waals surface area contributed by atoms with E-state index in [4.69, 9.17) is 17.5 Å². The predicted molar refractivity (Wildman–Crippen MR) is 58.5 cm³/mol. The fourth-order valence-electron chi connectivity index (χ4n) is 1.74. The molecule has 0 heterocycles. The van der Waals surface area contributed by atoms with Crippen molar-refractivity contribution >= 4 is 17.1 Å². The zero-order valence-electron chi connectivity index (χ0n) is 8.21. The molecule has 0 aromatic rings. The van der Waals surface area contributed by atoms with Gasteiger partial charge in [0.15, 0.2) is 0 Å². The van der Waals surface area contributed by atoms with E-state index in [-0.39, 0.29) is 0 Å². The molecule has 1 aliphatic rings. The normalized spacial score (nSPS) is 24.8. The van der Waals surface area contributed by atoms with Crippen molar-refractivity contribution in [3.63, 3.8) is 0 Å². The first-order valence-corrected chi connectivity index (χ1v) is 5.24. The Morgan fingerprint density at radius 3 is 2.92 bits per heavy atom. The van der Waals surface area contributed by atoms with Gasteiger partial charge in [0.1, 0.15) is 0 Å². The van der Waals surface area contributed by atoms with E-state index in [9.17, 15) is 0 Å². The third kappa shape index (κ3) is 2.38. The van der Waals surface area contributed by atoms with Crippen LogP contribution in [0.1, 0.15) is 33.1 Å². The Morgan fingerprint density at radius 2 is 2.46 bits per heavy atom. The Labute approximate surface area is 85.4 Å². The van der Waals surface area contributed by atoms with Gasteiger partial charge in [0, 0.05) is 10.4 Å². The molecule has 70 valence electrons. The van der Waals surface area contributed by atoms with Gasteiger partial charge < -0.3 is 0 Å². The molecule has 2 unspecified atom stereocenters. The highest BCUT2D eigenvalue weighted by molar-refractivity contribution is 7.80.